The number of Topliss-reactive ketones (excluding diaryl/α,β-unsaturated/α-hetero) is 1. The molecule has 0 atom stereocenters. The number of carboxylic acids is 1. The average molecular weight is 308 g/mol. The number of carbonyl (C=O) groups is 2. The van der Waals surface area contributed by atoms with E-state index in [4.69, 9.17) is 11.1 Å². The number of hydrogen-bond donors (Lipinski definition) is 1. The predicted octanol–water partition coefficient (Wildman–Crippen LogP) is 3.44. The van der Waals surface area contributed by atoms with Crippen LogP contribution in [0.25, 0.3) is 16.1 Å². The van der Waals surface area contributed by atoms with Gasteiger partial charge in [0.2, 0.25) is 0 Å². The van der Waals surface area contributed by atoms with Gasteiger partial charge in [0, 0.05) is 5.57 Å². The van der Waals surface area contributed by atoms with Crippen LogP contribution < -0.4 is 0 Å². The van der Waals surface area contributed by atoms with Gasteiger partial charge >= 0.3 is 5.97 Å². The third kappa shape index (κ3) is 3.24. The van der Waals surface area contributed by atoms with Crippen molar-refractivity contribution >= 4 is 17.4 Å². The van der Waals surface area contributed by atoms with Gasteiger partial charge in [0.05, 0.1) is 13.0 Å². The Kier molecular flexibility index (Phi) is 4.52. The minimum atomic E-state index is -1.26. The maximum absolute atomic E-state index is 11.9. The Balaban J connectivity index is 2.49. The van der Waals surface area contributed by atoms with E-state index in [1.807, 2.05) is 0 Å². The Morgan fingerprint density at radius 1 is 1.43 bits per heavy atom. The number of ketones is 1. The molecule has 6 nitrogen and oxygen atoms in total. The van der Waals surface area contributed by atoms with Gasteiger partial charge in [0.15, 0.2) is 17.2 Å². The number of benzene rings is 1. The molecule has 0 aliphatic carbocycles. The maximum atomic E-state index is 11.9. The Bertz CT molecular complexity index is 856. The first-order chi connectivity index (χ1) is 11.0. The molecular formula is C17H12N2O4. The summed E-state index contributed by atoms with van der Waals surface area (Å²) in [5.74, 6) is -1.73. The van der Waals surface area contributed by atoms with Crippen LogP contribution in [0.1, 0.15) is 16.1 Å². The summed E-state index contributed by atoms with van der Waals surface area (Å²) in [5, 5.41) is 13.2. The number of aromatic nitrogens is 1. The number of carboxylic acid groups (broad SMARTS) is 1. The molecule has 6 heteroatoms. The molecule has 0 saturated carbocycles. The monoisotopic (exact) mass is 308 g/mol. The number of rotatable bonds is 6. The van der Waals surface area contributed by atoms with Crippen LogP contribution in [0.5, 0.6) is 0 Å². The minimum Gasteiger partial charge on any atom is -0.477 e. The normalized spacial score (nSPS) is 9.87. The van der Waals surface area contributed by atoms with Gasteiger partial charge in [-0.25, -0.2) is 9.64 Å². The summed E-state index contributed by atoms with van der Waals surface area (Å²) in [7, 11) is 0. The zero-order valence-electron chi connectivity index (χ0n) is 12.1. The Morgan fingerprint density at radius 2 is 2.17 bits per heavy atom. The molecule has 0 unspecified atom stereocenters. The van der Waals surface area contributed by atoms with Gasteiger partial charge in [0.1, 0.15) is 11.3 Å². The number of allylic oxidation sites excluding steroid dienone is 2. The van der Waals surface area contributed by atoms with E-state index >= 15 is 0 Å². The van der Waals surface area contributed by atoms with Crippen molar-refractivity contribution in [2.75, 3.05) is 0 Å². The smallest absolute Gasteiger partial charge is 0.341 e. The van der Waals surface area contributed by atoms with E-state index in [9.17, 15) is 14.7 Å². The lowest BCUT2D eigenvalue weighted by molar-refractivity contribution is -0.114. The van der Waals surface area contributed by atoms with Gasteiger partial charge in [-0.05, 0) is 11.6 Å². The molecule has 0 fully saturated rings. The second-order valence-electron chi connectivity index (χ2n) is 4.63. The van der Waals surface area contributed by atoms with Crippen molar-refractivity contribution in [3.05, 3.63) is 71.8 Å². The second kappa shape index (κ2) is 6.54. The van der Waals surface area contributed by atoms with Crippen LogP contribution in [0.3, 0.4) is 0 Å². The number of carbonyl (C=O) groups excluding carboxylic acids is 1. The molecule has 2 rings (SSSR count). The van der Waals surface area contributed by atoms with Gasteiger partial charge in [0.25, 0.3) is 0 Å². The Labute approximate surface area is 132 Å². The van der Waals surface area contributed by atoms with E-state index in [2.05, 4.69) is 23.2 Å². The van der Waals surface area contributed by atoms with Gasteiger partial charge in [-0.1, -0.05) is 42.6 Å². The molecule has 0 saturated heterocycles. The van der Waals surface area contributed by atoms with E-state index in [0.29, 0.717) is 11.3 Å². The highest BCUT2D eigenvalue weighted by Crippen LogP contribution is 2.29. The van der Waals surface area contributed by atoms with Crippen LogP contribution >= 0.6 is 0 Å². The van der Waals surface area contributed by atoms with E-state index < -0.39 is 11.8 Å². The molecule has 0 amide bonds. The van der Waals surface area contributed by atoms with Crippen LogP contribution in [-0.4, -0.2) is 22.0 Å². The SMILES string of the molecule is [C-]#[N+]c1cccc(-c2noc(CC(=O)C(=C)C=C)c2C(=O)O)c1. The van der Waals surface area contributed by atoms with Crippen molar-refractivity contribution in [1.29, 1.82) is 0 Å². The topological polar surface area (TPSA) is 84.8 Å². The van der Waals surface area contributed by atoms with Crippen LogP contribution in [0.2, 0.25) is 0 Å². The first-order valence-electron chi connectivity index (χ1n) is 6.52. The second-order valence-corrected chi connectivity index (χ2v) is 4.63. The largest absolute Gasteiger partial charge is 0.477 e. The average Bonchev–Trinajstić information content (AvgIpc) is 2.97. The van der Waals surface area contributed by atoms with Gasteiger partial charge in [-0.15, -0.1) is 0 Å². The summed E-state index contributed by atoms with van der Waals surface area (Å²) < 4.78 is 5.05. The molecule has 1 aromatic carbocycles. The lowest BCUT2D eigenvalue weighted by Crippen LogP contribution is -2.08. The van der Waals surface area contributed by atoms with Gasteiger partial charge in [-0.2, -0.15) is 0 Å². The van der Waals surface area contributed by atoms with Crippen molar-refractivity contribution in [3.63, 3.8) is 0 Å². The number of hydrogen-bond acceptors (Lipinski definition) is 4. The molecule has 0 bridgehead atoms. The summed E-state index contributed by atoms with van der Waals surface area (Å²) in [6.45, 7) is 14.0. The predicted molar refractivity (Wildman–Crippen MR) is 83.2 cm³/mol. The molecule has 0 radical (unpaired) electrons. The molecule has 0 spiro atoms. The van der Waals surface area contributed by atoms with Crippen LogP contribution in [0, 0.1) is 6.57 Å². The summed E-state index contributed by atoms with van der Waals surface area (Å²) >= 11 is 0. The first-order valence-corrected chi connectivity index (χ1v) is 6.52. The van der Waals surface area contributed by atoms with Gasteiger partial charge in [-0.3, -0.25) is 4.79 Å². The lowest BCUT2D eigenvalue weighted by Gasteiger charge is -2.01. The molecule has 2 aromatic rings. The lowest BCUT2D eigenvalue weighted by atomic mass is 10.0. The zero-order valence-corrected chi connectivity index (χ0v) is 12.1. The summed E-state index contributed by atoms with van der Waals surface area (Å²) in [4.78, 5) is 26.7. The molecule has 1 aromatic heterocycles. The quantitative estimate of drug-likeness (QED) is 0.502. The highest BCUT2D eigenvalue weighted by atomic mass is 16.5. The fourth-order valence-electron chi connectivity index (χ4n) is 1.96. The first kappa shape index (κ1) is 15.9. The molecule has 1 heterocycles. The fraction of sp³-hybridized carbons (Fsp3) is 0.0588. The molecule has 0 aliphatic rings. The third-order valence-corrected chi connectivity index (χ3v) is 3.15. The highest BCUT2D eigenvalue weighted by molar-refractivity contribution is 6.01. The van der Waals surface area contributed by atoms with Crippen LogP contribution in [0.15, 0.2) is 53.6 Å². The zero-order chi connectivity index (χ0) is 17.0. The van der Waals surface area contributed by atoms with Crippen LogP contribution in [-0.2, 0) is 11.2 Å². The van der Waals surface area contributed by atoms with Crippen molar-refractivity contribution in [2.45, 2.75) is 6.42 Å². The molecule has 0 aliphatic heterocycles. The van der Waals surface area contributed by atoms with Crippen molar-refractivity contribution in [1.82, 2.24) is 5.16 Å². The van der Waals surface area contributed by atoms with E-state index in [0.717, 1.165) is 0 Å². The summed E-state index contributed by atoms with van der Waals surface area (Å²) in [6, 6.07) is 6.34. The van der Waals surface area contributed by atoms with Crippen molar-refractivity contribution < 1.29 is 19.2 Å². The highest BCUT2D eigenvalue weighted by Gasteiger charge is 2.25. The molecule has 1 N–H and O–H groups in total. The summed E-state index contributed by atoms with van der Waals surface area (Å²) in [6.07, 6.45) is 1.02. The fourth-order valence-corrected chi connectivity index (χ4v) is 1.96. The Hall–Kier alpha value is -3.46. The van der Waals surface area contributed by atoms with E-state index in [-0.39, 0.29) is 29.0 Å². The van der Waals surface area contributed by atoms with Crippen LogP contribution in [0.4, 0.5) is 5.69 Å². The molecule has 114 valence electrons. The minimum absolute atomic E-state index is 0.0614. The van der Waals surface area contributed by atoms with Crippen molar-refractivity contribution in [3.8, 4) is 11.3 Å². The summed E-state index contributed by atoms with van der Waals surface area (Å²) in [5.41, 5.74) is 0.821. The molecular weight excluding hydrogens is 296 g/mol. The maximum Gasteiger partial charge on any atom is 0.341 e. The number of aromatic carboxylic acids is 1. The Morgan fingerprint density at radius 3 is 2.78 bits per heavy atom. The molecule has 23 heavy (non-hydrogen) atoms. The third-order valence-electron chi connectivity index (χ3n) is 3.15. The standard InChI is InChI=1S/C17H12N2O4/c1-4-10(2)13(20)9-14-15(17(21)22)16(19-23-14)11-6-5-7-12(8-11)18-3/h4-8H,1-2,9H2,(H,21,22). The van der Waals surface area contributed by atoms with Gasteiger partial charge < -0.3 is 9.63 Å². The van der Waals surface area contributed by atoms with E-state index in [1.54, 1.807) is 18.2 Å². The van der Waals surface area contributed by atoms with Crippen molar-refractivity contribution in [2.24, 2.45) is 0 Å². The van der Waals surface area contributed by atoms with E-state index in [1.165, 1.54) is 12.1 Å². The number of nitrogens with zero attached hydrogens (tertiary/aromatic N) is 2.